The lowest BCUT2D eigenvalue weighted by Gasteiger charge is -2.55. The molecular formula is C21H26N2O5. The molecule has 7 heteroatoms. The molecule has 0 heterocycles. The minimum absolute atomic E-state index is 0.0644. The van der Waals surface area contributed by atoms with Crippen molar-refractivity contribution >= 4 is 17.6 Å². The summed E-state index contributed by atoms with van der Waals surface area (Å²) in [5.74, 6) is 1.72. The molecule has 150 valence electrons. The first-order chi connectivity index (χ1) is 13.4. The summed E-state index contributed by atoms with van der Waals surface area (Å²) in [7, 11) is 0. The third-order valence-corrected chi connectivity index (χ3v) is 6.71. The van der Waals surface area contributed by atoms with Crippen molar-refractivity contribution < 1.29 is 19.2 Å². The van der Waals surface area contributed by atoms with E-state index in [4.69, 9.17) is 4.74 Å². The van der Waals surface area contributed by atoms with E-state index < -0.39 is 10.9 Å². The number of ether oxygens (including phenoxy) is 1. The van der Waals surface area contributed by atoms with E-state index in [1.807, 2.05) is 0 Å². The van der Waals surface area contributed by atoms with E-state index in [0.29, 0.717) is 23.3 Å². The van der Waals surface area contributed by atoms with Crippen LogP contribution in [0.1, 0.15) is 50.5 Å². The molecule has 4 aliphatic carbocycles. The summed E-state index contributed by atoms with van der Waals surface area (Å²) in [6.45, 7) is 0.106. The molecule has 4 aliphatic rings. The van der Waals surface area contributed by atoms with E-state index in [-0.39, 0.29) is 36.6 Å². The molecule has 4 bridgehead atoms. The van der Waals surface area contributed by atoms with Crippen molar-refractivity contribution in [1.82, 2.24) is 5.32 Å². The zero-order valence-corrected chi connectivity index (χ0v) is 15.9. The fourth-order valence-electron chi connectivity index (χ4n) is 5.90. The third kappa shape index (κ3) is 3.75. The van der Waals surface area contributed by atoms with Crippen LogP contribution in [0.5, 0.6) is 0 Å². The molecule has 5 rings (SSSR count). The molecule has 4 saturated carbocycles. The van der Waals surface area contributed by atoms with E-state index in [1.54, 1.807) is 18.2 Å². The van der Waals surface area contributed by atoms with E-state index in [0.717, 1.165) is 19.3 Å². The number of amides is 1. The van der Waals surface area contributed by atoms with Crippen molar-refractivity contribution in [3.8, 4) is 0 Å². The highest BCUT2D eigenvalue weighted by Crippen LogP contribution is 2.60. The number of esters is 1. The van der Waals surface area contributed by atoms with Crippen LogP contribution >= 0.6 is 0 Å². The van der Waals surface area contributed by atoms with E-state index in [2.05, 4.69) is 5.32 Å². The summed E-state index contributed by atoms with van der Waals surface area (Å²) in [6, 6.07) is 6.19. The molecule has 0 radical (unpaired) electrons. The molecule has 0 spiro atoms. The smallest absolute Gasteiger partial charge is 0.307 e. The normalized spacial score (nSPS) is 30.1. The lowest BCUT2D eigenvalue weighted by molar-refractivity contribution is -0.385. The summed E-state index contributed by atoms with van der Waals surface area (Å²) in [5.41, 5.74) is 0.0763. The molecule has 0 aromatic heterocycles. The predicted octanol–water partition coefficient (Wildman–Crippen LogP) is 3.36. The van der Waals surface area contributed by atoms with Gasteiger partial charge in [0.15, 0.2) is 0 Å². The van der Waals surface area contributed by atoms with Gasteiger partial charge in [-0.05, 0) is 62.3 Å². The first kappa shape index (κ1) is 18.9. The first-order valence-electron chi connectivity index (χ1n) is 10.1. The zero-order chi connectivity index (χ0) is 19.7. The Balaban J connectivity index is 1.24. The van der Waals surface area contributed by atoms with Crippen molar-refractivity contribution in [2.45, 2.75) is 51.6 Å². The summed E-state index contributed by atoms with van der Waals surface area (Å²) in [5, 5.41) is 13.9. The molecule has 0 unspecified atom stereocenters. The van der Waals surface area contributed by atoms with E-state index >= 15 is 0 Å². The largest absolute Gasteiger partial charge is 0.460 e. The van der Waals surface area contributed by atoms with Gasteiger partial charge in [0, 0.05) is 18.0 Å². The fraction of sp³-hybridized carbons (Fsp3) is 0.619. The number of hydrogen-bond donors (Lipinski definition) is 1. The van der Waals surface area contributed by atoms with Crippen molar-refractivity contribution in [3.05, 3.63) is 39.9 Å². The van der Waals surface area contributed by atoms with Crippen LogP contribution in [-0.4, -0.2) is 23.3 Å². The van der Waals surface area contributed by atoms with E-state index in [9.17, 15) is 19.7 Å². The average Bonchev–Trinajstić information content (AvgIpc) is 2.65. The summed E-state index contributed by atoms with van der Waals surface area (Å²) >= 11 is 0. The Kier molecular flexibility index (Phi) is 5.08. The van der Waals surface area contributed by atoms with Gasteiger partial charge in [0.1, 0.15) is 6.61 Å². The Bertz CT molecular complexity index is 755. The maximum absolute atomic E-state index is 12.8. The quantitative estimate of drug-likeness (QED) is 0.440. The minimum Gasteiger partial charge on any atom is -0.460 e. The van der Waals surface area contributed by atoms with Gasteiger partial charge in [-0.25, -0.2) is 0 Å². The van der Waals surface area contributed by atoms with Gasteiger partial charge in [-0.15, -0.1) is 0 Å². The Morgan fingerprint density at radius 2 is 1.71 bits per heavy atom. The summed E-state index contributed by atoms with van der Waals surface area (Å²) in [4.78, 5) is 35.3. The first-order valence-corrected chi connectivity index (χ1v) is 10.1. The number of nitrogens with zero attached hydrogens (tertiary/aromatic N) is 1. The Labute approximate surface area is 164 Å². The molecule has 1 amide bonds. The van der Waals surface area contributed by atoms with Crippen molar-refractivity contribution in [1.29, 1.82) is 0 Å². The number of rotatable bonds is 7. The van der Waals surface area contributed by atoms with Gasteiger partial charge in [-0.2, -0.15) is 0 Å². The molecule has 1 N–H and O–H groups in total. The second-order valence-corrected chi connectivity index (χ2v) is 8.75. The highest BCUT2D eigenvalue weighted by molar-refractivity contribution is 5.83. The van der Waals surface area contributed by atoms with Crippen LogP contribution in [0.25, 0.3) is 0 Å². The Hall–Kier alpha value is -2.44. The van der Waals surface area contributed by atoms with Crippen LogP contribution in [0.2, 0.25) is 0 Å². The third-order valence-electron chi connectivity index (χ3n) is 6.71. The van der Waals surface area contributed by atoms with Gasteiger partial charge in [0.05, 0.1) is 16.9 Å². The Morgan fingerprint density at radius 3 is 2.32 bits per heavy atom. The molecule has 7 nitrogen and oxygen atoms in total. The molecule has 4 fully saturated rings. The van der Waals surface area contributed by atoms with Crippen molar-refractivity contribution in [2.24, 2.45) is 23.2 Å². The van der Waals surface area contributed by atoms with Crippen LogP contribution in [0.15, 0.2) is 24.3 Å². The fourth-order valence-corrected chi connectivity index (χ4v) is 5.90. The number of nitrogens with one attached hydrogen (secondary N) is 1. The lowest BCUT2D eigenvalue weighted by atomic mass is 9.49. The van der Waals surface area contributed by atoms with E-state index in [1.165, 1.54) is 25.3 Å². The number of para-hydroxylation sites is 1. The maximum atomic E-state index is 12.8. The molecule has 0 aliphatic heterocycles. The molecular weight excluding hydrogens is 360 g/mol. The average molecular weight is 386 g/mol. The highest BCUT2D eigenvalue weighted by atomic mass is 16.6. The minimum atomic E-state index is -0.491. The topological polar surface area (TPSA) is 98.5 Å². The van der Waals surface area contributed by atoms with Gasteiger partial charge in [0.25, 0.3) is 5.69 Å². The van der Waals surface area contributed by atoms with Crippen LogP contribution < -0.4 is 5.32 Å². The van der Waals surface area contributed by atoms with Gasteiger partial charge >= 0.3 is 5.97 Å². The van der Waals surface area contributed by atoms with Gasteiger partial charge < -0.3 is 10.1 Å². The number of carbonyl (C=O) groups is 2. The van der Waals surface area contributed by atoms with Crippen LogP contribution in [0, 0.1) is 33.3 Å². The second-order valence-electron chi connectivity index (χ2n) is 8.75. The van der Waals surface area contributed by atoms with Crippen LogP contribution in [0.3, 0.4) is 0 Å². The second kappa shape index (κ2) is 7.53. The van der Waals surface area contributed by atoms with Crippen molar-refractivity contribution in [2.75, 3.05) is 6.54 Å². The molecule has 0 atom stereocenters. The number of carbonyl (C=O) groups excluding carboxylic acids is 2. The van der Waals surface area contributed by atoms with Crippen molar-refractivity contribution in [3.63, 3.8) is 0 Å². The van der Waals surface area contributed by atoms with Crippen LogP contribution in [0.4, 0.5) is 5.69 Å². The molecule has 1 aromatic rings. The maximum Gasteiger partial charge on any atom is 0.307 e. The van der Waals surface area contributed by atoms with Gasteiger partial charge in [-0.3, -0.25) is 19.7 Å². The molecule has 0 saturated heterocycles. The zero-order valence-electron chi connectivity index (χ0n) is 15.9. The Morgan fingerprint density at radius 1 is 1.11 bits per heavy atom. The number of nitro benzene ring substituents is 1. The monoisotopic (exact) mass is 386 g/mol. The SMILES string of the molecule is O=C(CCNC(=O)C12CC3CC(CC(C3)C1)C2)OCc1ccccc1[N+](=O)[O-]. The van der Waals surface area contributed by atoms with Gasteiger partial charge in [0.2, 0.25) is 5.91 Å². The van der Waals surface area contributed by atoms with Crippen LogP contribution in [-0.2, 0) is 20.9 Å². The number of nitro groups is 1. The lowest BCUT2D eigenvalue weighted by Crippen LogP contribution is -2.53. The summed E-state index contributed by atoms with van der Waals surface area (Å²) in [6.07, 6.45) is 6.89. The highest BCUT2D eigenvalue weighted by Gasteiger charge is 2.54. The summed E-state index contributed by atoms with van der Waals surface area (Å²) < 4.78 is 5.16. The number of benzene rings is 1. The van der Waals surface area contributed by atoms with Gasteiger partial charge in [-0.1, -0.05) is 12.1 Å². The molecule has 28 heavy (non-hydrogen) atoms. The number of hydrogen-bond acceptors (Lipinski definition) is 5. The molecule has 1 aromatic carbocycles. The standard InChI is InChI=1S/C21H26N2O5/c24-19(28-13-17-3-1-2-4-18(17)23(26)27)5-6-22-20(25)21-10-14-7-15(11-21)9-16(8-14)12-21/h1-4,14-16H,5-13H2,(H,22,25). The predicted molar refractivity (Wildman–Crippen MR) is 101 cm³/mol.